The average molecular weight is 336 g/mol. The number of anilines is 4. The molecule has 0 atom stereocenters. The summed E-state index contributed by atoms with van der Waals surface area (Å²) in [7, 11) is 0. The van der Waals surface area contributed by atoms with Gasteiger partial charge in [0.05, 0.1) is 6.20 Å². The van der Waals surface area contributed by atoms with Crippen LogP contribution in [-0.4, -0.2) is 9.97 Å². The Labute approximate surface area is 147 Å². The van der Waals surface area contributed by atoms with E-state index in [1.807, 2.05) is 56.3 Å². The zero-order valence-electron chi connectivity index (χ0n) is 14.6. The maximum Gasteiger partial charge on any atom is 0.229 e. The summed E-state index contributed by atoms with van der Waals surface area (Å²) in [6.07, 6.45) is 2.14. The smallest absolute Gasteiger partial charge is 0.229 e. The van der Waals surface area contributed by atoms with Gasteiger partial charge in [0.2, 0.25) is 5.95 Å². The molecule has 5 heteroatoms. The van der Waals surface area contributed by atoms with E-state index in [-0.39, 0.29) is 5.82 Å². The van der Waals surface area contributed by atoms with Crippen molar-refractivity contribution in [2.24, 2.45) is 0 Å². The predicted molar refractivity (Wildman–Crippen MR) is 100 cm³/mol. The number of nitrogens with zero attached hydrogens (tertiary/aromatic N) is 2. The summed E-state index contributed by atoms with van der Waals surface area (Å²) in [5.74, 6) is -0.00501. The summed E-state index contributed by atoms with van der Waals surface area (Å²) < 4.78 is 14.1. The third-order valence-corrected chi connectivity index (χ3v) is 4.04. The molecule has 0 saturated carbocycles. The van der Waals surface area contributed by atoms with Gasteiger partial charge in [-0.15, -0.1) is 0 Å². The van der Waals surface area contributed by atoms with Crippen molar-refractivity contribution in [3.63, 3.8) is 0 Å². The Morgan fingerprint density at radius 2 is 1.68 bits per heavy atom. The molecule has 25 heavy (non-hydrogen) atoms. The molecule has 128 valence electrons. The first kappa shape index (κ1) is 16.9. The van der Waals surface area contributed by atoms with Gasteiger partial charge in [-0.05, 0) is 55.7 Å². The Bertz CT molecular complexity index is 875. The third kappa shape index (κ3) is 4.12. The van der Waals surface area contributed by atoms with Crippen LogP contribution < -0.4 is 10.6 Å². The molecular formula is C20H21FN4. The maximum absolute atomic E-state index is 14.1. The number of aryl methyl sites for hydroxylation is 3. The second-order valence-electron chi connectivity index (χ2n) is 6.00. The zero-order valence-corrected chi connectivity index (χ0v) is 14.6. The van der Waals surface area contributed by atoms with Gasteiger partial charge < -0.3 is 10.6 Å². The quantitative estimate of drug-likeness (QED) is 0.665. The molecule has 4 nitrogen and oxygen atoms in total. The molecule has 0 radical (unpaired) electrons. The van der Waals surface area contributed by atoms with Gasteiger partial charge in [-0.25, -0.2) is 9.37 Å². The topological polar surface area (TPSA) is 49.8 Å². The largest absolute Gasteiger partial charge is 0.338 e. The molecule has 0 saturated heterocycles. The number of halogens is 1. The summed E-state index contributed by atoms with van der Waals surface area (Å²) in [6, 6.07) is 13.8. The number of rotatable bonds is 5. The van der Waals surface area contributed by atoms with Crippen molar-refractivity contribution < 1.29 is 4.39 Å². The lowest BCUT2D eigenvalue weighted by atomic mass is 10.1. The minimum absolute atomic E-state index is 0.147. The Balaban J connectivity index is 1.81. The Morgan fingerprint density at radius 1 is 0.960 bits per heavy atom. The van der Waals surface area contributed by atoms with Crippen LogP contribution in [0.2, 0.25) is 0 Å². The highest BCUT2D eigenvalue weighted by molar-refractivity contribution is 5.61. The van der Waals surface area contributed by atoms with Gasteiger partial charge in [-0.2, -0.15) is 4.98 Å². The summed E-state index contributed by atoms with van der Waals surface area (Å²) in [6.45, 7) is 6.18. The molecule has 2 aromatic carbocycles. The van der Waals surface area contributed by atoms with Crippen molar-refractivity contribution >= 4 is 23.1 Å². The zero-order chi connectivity index (χ0) is 17.8. The molecule has 0 bridgehead atoms. The molecule has 1 aromatic heterocycles. The van der Waals surface area contributed by atoms with Crippen molar-refractivity contribution in [3.8, 4) is 0 Å². The lowest BCUT2D eigenvalue weighted by Gasteiger charge is -2.11. The molecule has 0 aliphatic rings. The second-order valence-corrected chi connectivity index (χ2v) is 6.00. The van der Waals surface area contributed by atoms with Crippen LogP contribution in [0.4, 0.5) is 27.5 Å². The first-order chi connectivity index (χ1) is 12.0. The van der Waals surface area contributed by atoms with Crippen molar-refractivity contribution in [2.45, 2.75) is 27.2 Å². The van der Waals surface area contributed by atoms with Crippen LogP contribution in [0.5, 0.6) is 0 Å². The lowest BCUT2D eigenvalue weighted by Crippen LogP contribution is -2.03. The van der Waals surface area contributed by atoms with E-state index < -0.39 is 5.82 Å². The second kappa shape index (κ2) is 7.30. The van der Waals surface area contributed by atoms with Crippen molar-refractivity contribution in [2.75, 3.05) is 10.6 Å². The first-order valence-electron chi connectivity index (χ1n) is 8.28. The summed E-state index contributed by atoms with van der Waals surface area (Å²) in [5.41, 5.74) is 5.26. The van der Waals surface area contributed by atoms with Gasteiger partial charge in [0.1, 0.15) is 0 Å². The van der Waals surface area contributed by atoms with Crippen LogP contribution in [0.25, 0.3) is 0 Å². The fraction of sp³-hybridized carbons (Fsp3) is 0.200. The normalized spacial score (nSPS) is 10.6. The Morgan fingerprint density at radius 3 is 2.36 bits per heavy atom. The van der Waals surface area contributed by atoms with Crippen LogP contribution in [0.3, 0.4) is 0 Å². The van der Waals surface area contributed by atoms with E-state index in [4.69, 9.17) is 0 Å². The van der Waals surface area contributed by atoms with Gasteiger partial charge in [-0.1, -0.05) is 30.7 Å². The molecule has 0 amide bonds. The summed E-state index contributed by atoms with van der Waals surface area (Å²) in [5, 5.41) is 6.12. The first-order valence-corrected chi connectivity index (χ1v) is 8.28. The molecule has 1 heterocycles. The molecule has 0 aliphatic carbocycles. The standard InChI is InChI=1S/C20H21FN4/c1-4-15-7-10-17(11-14(15)3)23-19-18(21)12-22-20(25-19)24-16-8-5-13(2)6-9-16/h5-12H,4H2,1-3H3,(H2,22,23,24,25). The molecule has 0 fully saturated rings. The number of aromatic nitrogens is 2. The van der Waals surface area contributed by atoms with E-state index in [0.29, 0.717) is 5.95 Å². The molecule has 2 N–H and O–H groups in total. The van der Waals surface area contributed by atoms with E-state index in [2.05, 4.69) is 27.5 Å². The lowest BCUT2D eigenvalue weighted by molar-refractivity contribution is 0.619. The van der Waals surface area contributed by atoms with Crippen LogP contribution in [-0.2, 0) is 6.42 Å². The van der Waals surface area contributed by atoms with Crippen LogP contribution in [0, 0.1) is 19.7 Å². The van der Waals surface area contributed by atoms with Gasteiger partial charge in [0.15, 0.2) is 11.6 Å². The molecular weight excluding hydrogens is 315 g/mol. The van der Waals surface area contributed by atoms with Gasteiger partial charge >= 0.3 is 0 Å². The molecule has 3 aromatic rings. The molecule has 0 unspecified atom stereocenters. The fourth-order valence-electron chi connectivity index (χ4n) is 2.59. The van der Waals surface area contributed by atoms with Crippen molar-refractivity contribution in [1.82, 2.24) is 9.97 Å². The highest BCUT2D eigenvalue weighted by atomic mass is 19.1. The van der Waals surface area contributed by atoms with Crippen LogP contribution in [0.15, 0.2) is 48.7 Å². The average Bonchev–Trinajstić information content (AvgIpc) is 2.60. The summed E-state index contributed by atoms with van der Waals surface area (Å²) >= 11 is 0. The van der Waals surface area contributed by atoms with Gasteiger partial charge in [0, 0.05) is 11.4 Å². The van der Waals surface area contributed by atoms with Crippen LogP contribution >= 0.6 is 0 Å². The highest BCUT2D eigenvalue weighted by Crippen LogP contribution is 2.22. The molecule has 0 aliphatic heterocycles. The maximum atomic E-state index is 14.1. The van der Waals surface area contributed by atoms with E-state index in [1.54, 1.807) is 0 Å². The third-order valence-electron chi connectivity index (χ3n) is 4.04. The fourth-order valence-corrected chi connectivity index (χ4v) is 2.59. The Kier molecular flexibility index (Phi) is 4.93. The monoisotopic (exact) mass is 336 g/mol. The number of hydrogen-bond acceptors (Lipinski definition) is 4. The van der Waals surface area contributed by atoms with E-state index in [9.17, 15) is 4.39 Å². The van der Waals surface area contributed by atoms with E-state index in [0.717, 1.165) is 17.8 Å². The van der Waals surface area contributed by atoms with Gasteiger partial charge in [-0.3, -0.25) is 0 Å². The number of nitrogens with one attached hydrogen (secondary N) is 2. The van der Waals surface area contributed by atoms with Crippen molar-refractivity contribution in [3.05, 3.63) is 71.2 Å². The van der Waals surface area contributed by atoms with E-state index >= 15 is 0 Å². The Hall–Kier alpha value is -2.95. The minimum atomic E-state index is -0.494. The molecule has 0 spiro atoms. The highest BCUT2D eigenvalue weighted by Gasteiger charge is 2.08. The molecule has 3 rings (SSSR count). The number of hydrogen-bond donors (Lipinski definition) is 2. The minimum Gasteiger partial charge on any atom is -0.338 e. The number of benzene rings is 2. The van der Waals surface area contributed by atoms with Gasteiger partial charge in [0.25, 0.3) is 0 Å². The van der Waals surface area contributed by atoms with E-state index in [1.165, 1.54) is 22.9 Å². The predicted octanol–water partition coefficient (Wildman–Crippen LogP) is 5.28. The SMILES string of the molecule is CCc1ccc(Nc2nc(Nc3ccc(C)cc3)ncc2F)cc1C. The van der Waals surface area contributed by atoms with Crippen LogP contribution in [0.1, 0.15) is 23.6 Å². The van der Waals surface area contributed by atoms with Crippen molar-refractivity contribution in [1.29, 1.82) is 0 Å². The summed E-state index contributed by atoms with van der Waals surface area (Å²) in [4.78, 5) is 8.26.